The minimum absolute atomic E-state index is 0.0243. The number of benzene rings is 1. The van der Waals surface area contributed by atoms with E-state index < -0.39 is 10.3 Å². The molecule has 0 bridgehead atoms. The SMILES string of the molecule is O=C(O)CS[C@@H](Br)Oc1ccc2ccccc2n1. The lowest BCUT2D eigenvalue weighted by molar-refractivity contribution is -0.133. The molecule has 4 nitrogen and oxygen atoms in total. The van der Waals surface area contributed by atoms with Crippen molar-refractivity contribution in [1.29, 1.82) is 0 Å². The Labute approximate surface area is 116 Å². The Balaban J connectivity index is 2.05. The first-order valence-electron chi connectivity index (χ1n) is 5.15. The second-order valence-electron chi connectivity index (χ2n) is 3.44. The van der Waals surface area contributed by atoms with Crippen LogP contribution in [0, 0.1) is 0 Å². The Morgan fingerprint density at radius 3 is 2.94 bits per heavy atom. The van der Waals surface area contributed by atoms with E-state index in [1.807, 2.05) is 30.3 Å². The van der Waals surface area contributed by atoms with Crippen LogP contribution in [0.4, 0.5) is 0 Å². The summed E-state index contributed by atoms with van der Waals surface area (Å²) in [5.41, 5.74) is 0.845. The quantitative estimate of drug-likeness (QED) is 0.675. The van der Waals surface area contributed by atoms with Crippen LogP contribution in [0.2, 0.25) is 0 Å². The zero-order chi connectivity index (χ0) is 13.0. The van der Waals surface area contributed by atoms with E-state index in [9.17, 15) is 4.79 Å². The van der Waals surface area contributed by atoms with Crippen molar-refractivity contribution in [2.45, 2.75) is 4.35 Å². The van der Waals surface area contributed by atoms with E-state index in [2.05, 4.69) is 20.9 Å². The summed E-state index contributed by atoms with van der Waals surface area (Å²) in [7, 11) is 0. The molecule has 6 heteroatoms. The molecule has 0 amide bonds. The molecule has 1 aromatic carbocycles. The second kappa shape index (κ2) is 6.06. The van der Waals surface area contributed by atoms with Crippen LogP contribution in [0.5, 0.6) is 5.88 Å². The lowest BCUT2D eigenvalue weighted by atomic mass is 10.2. The first kappa shape index (κ1) is 13.2. The van der Waals surface area contributed by atoms with E-state index in [4.69, 9.17) is 9.84 Å². The van der Waals surface area contributed by atoms with Crippen molar-refractivity contribution in [2.24, 2.45) is 0 Å². The van der Waals surface area contributed by atoms with Gasteiger partial charge in [0.15, 0.2) is 0 Å². The number of alkyl halides is 1. The molecule has 0 saturated heterocycles. The van der Waals surface area contributed by atoms with Crippen LogP contribution in [-0.4, -0.2) is 26.2 Å². The maximum Gasteiger partial charge on any atom is 0.313 e. The summed E-state index contributed by atoms with van der Waals surface area (Å²) in [4.78, 5) is 14.7. The van der Waals surface area contributed by atoms with Crippen LogP contribution in [0.1, 0.15) is 0 Å². The Morgan fingerprint density at radius 2 is 2.17 bits per heavy atom. The van der Waals surface area contributed by atoms with Crippen LogP contribution in [0.3, 0.4) is 0 Å². The highest BCUT2D eigenvalue weighted by Gasteiger charge is 2.10. The normalized spacial score (nSPS) is 12.3. The summed E-state index contributed by atoms with van der Waals surface area (Å²) >= 11 is 4.38. The number of pyridine rings is 1. The van der Waals surface area contributed by atoms with Gasteiger partial charge >= 0.3 is 5.97 Å². The molecular weight excluding hydrogens is 318 g/mol. The van der Waals surface area contributed by atoms with Gasteiger partial charge in [-0.3, -0.25) is 4.79 Å². The van der Waals surface area contributed by atoms with Gasteiger partial charge in [0.1, 0.15) is 0 Å². The largest absolute Gasteiger partial charge is 0.481 e. The van der Waals surface area contributed by atoms with E-state index in [0.29, 0.717) is 5.88 Å². The molecule has 2 rings (SSSR count). The smallest absolute Gasteiger partial charge is 0.313 e. The van der Waals surface area contributed by atoms with Gasteiger partial charge in [0.25, 0.3) is 0 Å². The first-order valence-corrected chi connectivity index (χ1v) is 7.11. The van der Waals surface area contributed by atoms with Crippen molar-refractivity contribution in [3.63, 3.8) is 0 Å². The molecule has 0 radical (unpaired) electrons. The van der Waals surface area contributed by atoms with Crippen molar-refractivity contribution < 1.29 is 14.6 Å². The first-order chi connectivity index (χ1) is 8.65. The molecule has 18 heavy (non-hydrogen) atoms. The lowest BCUT2D eigenvalue weighted by Gasteiger charge is -2.11. The number of thioether (sulfide) groups is 1. The second-order valence-corrected chi connectivity index (χ2v) is 5.93. The molecule has 0 aliphatic carbocycles. The predicted molar refractivity (Wildman–Crippen MR) is 75.2 cm³/mol. The highest BCUT2D eigenvalue weighted by atomic mass is 79.9. The average molecular weight is 328 g/mol. The summed E-state index contributed by atoms with van der Waals surface area (Å²) in [6.07, 6.45) is 0. The number of hydrogen-bond acceptors (Lipinski definition) is 4. The van der Waals surface area contributed by atoms with Gasteiger partial charge in [-0.25, -0.2) is 4.98 Å². The number of fused-ring (bicyclic) bond motifs is 1. The average Bonchev–Trinajstić information content (AvgIpc) is 2.36. The Kier molecular flexibility index (Phi) is 4.43. The molecule has 94 valence electrons. The number of ether oxygens (including phenoxy) is 1. The van der Waals surface area contributed by atoms with Gasteiger partial charge in [0, 0.05) is 11.5 Å². The fourth-order valence-corrected chi connectivity index (χ4v) is 2.41. The zero-order valence-electron chi connectivity index (χ0n) is 9.25. The minimum atomic E-state index is -0.875. The van der Waals surface area contributed by atoms with Crippen molar-refractivity contribution in [2.75, 3.05) is 5.75 Å². The summed E-state index contributed by atoms with van der Waals surface area (Å²) in [6.45, 7) is 0. The zero-order valence-corrected chi connectivity index (χ0v) is 11.6. The van der Waals surface area contributed by atoms with Crippen LogP contribution < -0.4 is 4.74 Å². The standard InChI is InChI=1S/C12H10BrNO3S/c13-12(18-7-11(15)16)17-10-6-5-8-3-1-2-4-9(8)14-10/h1-6,12H,7H2,(H,15,16)/t12-/m0/s1. The van der Waals surface area contributed by atoms with Crippen LogP contribution >= 0.6 is 27.7 Å². The Bertz CT molecular complexity index is 564. The third kappa shape index (κ3) is 3.61. The highest BCUT2D eigenvalue weighted by molar-refractivity contribution is 9.11. The summed E-state index contributed by atoms with van der Waals surface area (Å²) in [5.74, 6) is -0.434. The molecule has 0 saturated carbocycles. The Morgan fingerprint density at radius 1 is 1.39 bits per heavy atom. The number of aliphatic carboxylic acids is 1. The van der Waals surface area contributed by atoms with Crippen molar-refractivity contribution in [3.8, 4) is 5.88 Å². The molecule has 0 unspecified atom stereocenters. The van der Waals surface area contributed by atoms with Crippen molar-refractivity contribution >= 4 is 44.6 Å². The minimum Gasteiger partial charge on any atom is -0.481 e. The number of para-hydroxylation sites is 1. The third-order valence-corrected chi connectivity index (χ3v) is 3.88. The van der Waals surface area contributed by atoms with E-state index >= 15 is 0 Å². The molecule has 1 heterocycles. The van der Waals surface area contributed by atoms with Gasteiger partial charge in [-0.1, -0.05) is 30.0 Å². The molecule has 0 aliphatic heterocycles. The number of carboxylic acid groups (broad SMARTS) is 1. The van der Waals surface area contributed by atoms with Gasteiger partial charge < -0.3 is 9.84 Å². The molecule has 0 fully saturated rings. The van der Waals surface area contributed by atoms with Gasteiger partial charge in [-0.15, -0.1) is 0 Å². The molecule has 1 N–H and O–H groups in total. The summed E-state index contributed by atoms with van der Waals surface area (Å²) in [6, 6.07) is 11.4. The van der Waals surface area contributed by atoms with Gasteiger partial charge in [0.2, 0.25) is 10.2 Å². The van der Waals surface area contributed by atoms with Gasteiger partial charge in [-0.2, -0.15) is 0 Å². The maximum atomic E-state index is 10.4. The molecule has 1 atom stereocenters. The number of rotatable bonds is 5. The monoisotopic (exact) mass is 327 g/mol. The molecular formula is C12H10BrNO3S. The van der Waals surface area contributed by atoms with Crippen molar-refractivity contribution in [3.05, 3.63) is 36.4 Å². The number of halogens is 1. The molecule has 1 aromatic heterocycles. The fourth-order valence-electron chi connectivity index (χ4n) is 1.38. The van der Waals surface area contributed by atoms with Crippen LogP contribution in [-0.2, 0) is 4.79 Å². The fraction of sp³-hybridized carbons (Fsp3) is 0.167. The molecule has 0 aliphatic rings. The van der Waals surface area contributed by atoms with Gasteiger partial charge in [-0.05, 0) is 28.1 Å². The predicted octanol–water partition coefficient (Wildman–Crippen LogP) is 3.11. The Hall–Kier alpha value is -1.27. The number of carboxylic acids is 1. The van der Waals surface area contributed by atoms with Gasteiger partial charge in [0.05, 0.1) is 11.3 Å². The number of hydrogen-bond donors (Lipinski definition) is 1. The molecule has 2 aromatic rings. The van der Waals surface area contributed by atoms with E-state index in [0.717, 1.165) is 22.7 Å². The summed E-state index contributed by atoms with van der Waals surface area (Å²) < 4.78 is 5.05. The van der Waals surface area contributed by atoms with E-state index in [-0.39, 0.29) is 5.75 Å². The van der Waals surface area contributed by atoms with E-state index in [1.54, 1.807) is 6.07 Å². The van der Waals surface area contributed by atoms with Crippen molar-refractivity contribution in [1.82, 2.24) is 4.98 Å². The lowest BCUT2D eigenvalue weighted by Crippen LogP contribution is -2.09. The number of aromatic nitrogens is 1. The van der Waals surface area contributed by atoms with Crippen LogP contribution in [0.15, 0.2) is 36.4 Å². The van der Waals surface area contributed by atoms with Crippen LogP contribution in [0.25, 0.3) is 10.9 Å². The third-order valence-electron chi connectivity index (χ3n) is 2.12. The topological polar surface area (TPSA) is 59.4 Å². The molecule has 0 spiro atoms. The maximum absolute atomic E-state index is 10.4. The summed E-state index contributed by atoms with van der Waals surface area (Å²) in [5, 5.41) is 9.59. The highest BCUT2D eigenvalue weighted by Crippen LogP contribution is 2.23. The van der Waals surface area contributed by atoms with E-state index in [1.165, 1.54) is 0 Å². The number of carbonyl (C=O) groups is 1. The number of nitrogens with zero attached hydrogens (tertiary/aromatic N) is 1.